The third-order valence-electron chi connectivity index (χ3n) is 3.34. The van der Waals surface area contributed by atoms with Gasteiger partial charge in [0.15, 0.2) is 0 Å². The first-order valence-corrected chi connectivity index (χ1v) is 7.71. The lowest BCUT2D eigenvalue weighted by molar-refractivity contribution is -0.116. The maximum Gasteiger partial charge on any atom is 0.225 e. The van der Waals surface area contributed by atoms with E-state index in [1.54, 1.807) is 25.6 Å². The second-order valence-electron chi connectivity index (χ2n) is 5.14. The fourth-order valence-corrected chi connectivity index (χ4v) is 2.23. The molecule has 23 heavy (non-hydrogen) atoms. The number of aromatic nitrogens is 1. The van der Waals surface area contributed by atoms with E-state index >= 15 is 0 Å². The van der Waals surface area contributed by atoms with Crippen LogP contribution in [0.25, 0.3) is 0 Å². The first-order valence-electron chi connectivity index (χ1n) is 7.33. The van der Waals surface area contributed by atoms with E-state index in [0.717, 1.165) is 11.1 Å². The van der Waals surface area contributed by atoms with Gasteiger partial charge in [0, 0.05) is 43.0 Å². The number of nitrogens with zero attached hydrogens (tertiary/aromatic N) is 1. The third kappa shape index (κ3) is 5.23. The molecule has 0 aliphatic carbocycles. The molecule has 5 nitrogen and oxygen atoms in total. The van der Waals surface area contributed by atoms with Gasteiger partial charge in [0.1, 0.15) is 5.75 Å². The van der Waals surface area contributed by atoms with Crippen LogP contribution in [0, 0.1) is 6.92 Å². The van der Waals surface area contributed by atoms with Crippen molar-refractivity contribution in [3.63, 3.8) is 0 Å². The molecule has 0 fully saturated rings. The maximum absolute atomic E-state index is 12.0. The van der Waals surface area contributed by atoms with Crippen LogP contribution in [0.15, 0.2) is 36.7 Å². The largest absolute Gasteiger partial charge is 0.495 e. The number of halogens is 1. The summed E-state index contributed by atoms with van der Waals surface area (Å²) in [5.74, 6) is 0.473. The minimum atomic E-state index is -0.0799. The summed E-state index contributed by atoms with van der Waals surface area (Å²) in [6.45, 7) is 3.15. The predicted octanol–water partition coefficient (Wildman–Crippen LogP) is 3.17. The molecule has 1 aromatic carbocycles. The molecule has 1 aromatic heterocycles. The molecule has 0 bridgehead atoms. The van der Waals surface area contributed by atoms with E-state index in [9.17, 15) is 4.79 Å². The number of hydrogen-bond acceptors (Lipinski definition) is 4. The lowest BCUT2D eigenvalue weighted by Crippen LogP contribution is -2.21. The van der Waals surface area contributed by atoms with Crippen molar-refractivity contribution in [2.24, 2.45) is 0 Å². The van der Waals surface area contributed by atoms with Crippen LogP contribution < -0.4 is 15.4 Å². The lowest BCUT2D eigenvalue weighted by Gasteiger charge is -2.12. The van der Waals surface area contributed by atoms with Crippen LogP contribution in [-0.2, 0) is 11.3 Å². The van der Waals surface area contributed by atoms with Crippen LogP contribution in [0.3, 0.4) is 0 Å². The molecule has 2 rings (SSSR count). The van der Waals surface area contributed by atoms with Gasteiger partial charge in [-0.1, -0.05) is 17.7 Å². The summed E-state index contributed by atoms with van der Waals surface area (Å²) >= 11 is 6.05. The number of carbonyl (C=O) groups excluding carboxylic acids is 1. The molecule has 0 saturated carbocycles. The quantitative estimate of drug-likeness (QED) is 0.764. The molecular weight excluding hydrogens is 314 g/mol. The van der Waals surface area contributed by atoms with Crippen molar-refractivity contribution in [2.45, 2.75) is 19.9 Å². The molecule has 6 heteroatoms. The van der Waals surface area contributed by atoms with E-state index in [2.05, 4.69) is 15.6 Å². The Balaban J connectivity index is 1.82. The van der Waals surface area contributed by atoms with Crippen LogP contribution in [-0.4, -0.2) is 24.5 Å². The third-order valence-corrected chi connectivity index (χ3v) is 3.74. The van der Waals surface area contributed by atoms with Gasteiger partial charge in [-0.25, -0.2) is 0 Å². The molecule has 0 spiro atoms. The average Bonchev–Trinajstić information content (AvgIpc) is 2.56. The zero-order valence-corrected chi connectivity index (χ0v) is 14.0. The Kier molecular flexibility index (Phi) is 6.38. The van der Waals surface area contributed by atoms with Crippen LogP contribution in [0.1, 0.15) is 17.5 Å². The van der Waals surface area contributed by atoms with E-state index in [4.69, 9.17) is 16.3 Å². The highest BCUT2D eigenvalue weighted by molar-refractivity contribution is 6.31. The Morgan fingerprint density at radius 2 is 2.22 bits per heavy atom. The zero-order valence-electron chi connectivity index (χ0n) is 13.2. The number of hydrogen-bond donors (Lipinski definition) is 2. The van der Waals surface area contributed by atoms with Crippen molar-refractivity contribution in [3.05, 3.63) is 52.8 Å². The number of ether oxygens (including phenoxy) is 1. The smallest absolute Gasteiger partial charge is 0.225 e. The van der Waals surface area contributed by atoms with Gasteiger partial charge < -0.3 is 15.4 Å². The van der Waals surface area contributed by atoms with E-state index in [-0.39, 0.29) is 5.91 Å². The van der Waals surface area contributed by atoms with E-state index < -0.39 is 0 Å². The zero-order chi connectivity index (χ0) is 16.7. The number of methoxy groups -OCH3 is 1. The van der Waals surface area contributed by atoms with Crippen molar-refractivity contribution in [3.8, 4) is 5.75 Å². The highest BCUT2D eigenvalue weighted by atomic mass is 35.5. The molecule has 0 radical (unpaired) electrons. The first-order chi connectivity index (χ1) is 11.1. The van der Waals surface area contributed by atoms with Crippen LogP contribution in [0.4, 0.5) is 5.69 Å². The molecule has 1 amide bonds. The van der Waals surface area contributed by atoms with Crippen molar-refractivity contribution >= 4 is 23.2 Å². The van der Waals surface area contributed by atoms with Gasteiger partial charge in [-0.15, -0.1) is 0 Å². The molecule has 0 aliphatic heterocycles. The van der Waals surface area contributed by atoms with Crippen LogP contribution in [0.5, 0.6) is 5.75 Å². The summed E-state index contributed by atoms with van der Waals surface area (Å²) in [4.78, 5) is 16.1. The van der Waals surface area contributed by atoms with Crippen molar-refractivity contribution in [1.29, 1.82) is 0 Å². The second kappa shape index (κ2) is 8.50. The van der Waals surface area contributed by atoms with E-state index in [1.165, 1.54) is 0 Å². The van der Waals surface area contributed by atoms with Crippen LogP contribution >= 0.6 is 11.6 Å². The van der Waals surface area contributed by atoms with Gasteiger partial charge in [0.05, 0.1) is 12.8 Å². The number of aryl methyl sites for hydroxylation is 1. The normalized spacial score (nSPS) is 10.4. The molecule has 0 atom stereocenters. The topological polar surface area (TPSA) is 63.2 Å². The summed E-state index contributed by atoms with van der Waals surface area (Å²) in [6.07, 6.45) is 3.90. The number of amides is 1. The maximum atomic E-state index is 12.0. The number of carbonyl (C=O) groups is 1. The summed E-state index contributed by atoms with van der Waals surface area (Å²) in [6, 6.07) is 7.38. The van der Waals surface area contributed by atoms with E-state index in [0.29, 0.717) is 36.0 Å². The summed E-state index contributed by atoms with van der Waals surface area (Å²) < 4.78 is 5.24. The molecule has 2 N–H and O–H groups in total. The number of nitrogens with one attached hydrogen (secondary N) is 2. The first kappa shape index (κ1) is 17.2. The van der Waals surface area contributed by atoms with Gasteiger partial charge in [-0.3, -0.25) is 9.78 Å². The van der Waals surface area contributed by atoms with Gasteiger partial charge >= 0.3 is 0 Å². The SMILES string of the molecule is COc1cc(Cl)c(C)cc1NC(=O)CCNCc1cccnc1. The Morgan fingerprint density at radius 3 is 2.91 bits per heavy atom. The van der Waals surface area contributed by atoms with Crippen molar-refractivity contribution in [2.75, 3.05) is 19.0 Å². The molecule has 2 aromatic rings. The van der Waals surface area contributed by atoms with Crippen LogP contribution in [0.2, 0.25) is 5.02 Å². The number of pyridine rings is 1. The minimum Gasteiger partial charge on any atom is -0.495 e. The van der Waals surface area contributed by atoms with Gasteiger partial charge in [0.25, 0.3) is 0 Å². The number of anilines is 1. The Hall–Kier alpha value is -2.11. The highest BCUT2D eigenvalue weighted by Gasteiger charge is 2.10. The minimum absolute atomic E-state index is 0.0799. The average molecular weight is 334 g/mol. The lowest BCUT2D eigenvalue weighted by atomic mass is 10.2. The molecular formula is C17H20ClN3O2. The summed E-state index contributed by atoms with van der Waals surface area (Å²) in [7, 11) is 1.55. The number of rotatable bonds is 7. The second-order valence-corrected chi connectivity index (χ2v) is 5.55. The molecule has 1 heterocycles. The molecule has 0 unspecified atom stereocenters. The Morgan fingerprint density at radius 1 is 1.39 bits per heavy atom. The fraction of sp³-hybridized carbons (Fsp3) is 0.294. The van der Waals surface area contributed by atoms with E-state index in [1.807, 2.05) is 25.1 Å². The monoisotopic (exact) mass is 333 g/mol. The van der Waals surface area contributed by atoms with Crippen molar-refractivity contribution < 1.29 is 9.53 Å². The Bertz CT molecular complexity index is 662. The highest BCUT2D eigenvalue weighted by Crippen LogP contribution is 2.30. The van der Waals surface area contributed by atoms with Crippen molar-refractivity contribution in [1.82, 2.24) is 10.3 Å². The standard InChI is InChI=1S/C17H20ClN3O2/c1-12-8-15(16(23-2)9-14(12)18)21-17(22)5-7-20-11-13-4-3-6-19-10-13/h3-4,6,8-10,20H,5,7,11H2,1-2H3,(H,21,22). The Labute approximate surface area is 141 Å². The molecule has 0 aliphatic rings. The summed E-state index contributed by atoms with van der Waals surface area (Å²) in [5.41, 5.74) is 2.60. The number of benzene rings is 1. The predicted molar refractivity (Wildman–Crippen MR) is 91.9 cm³/mol. The molecule has 122 valence electrons. The van der Waals surface area contributed by atoms with Gasteiger partial charge in [-0.05, 0) is 30.2 Å². The fourth-order valence-electron chi connectivity index (χ4n) is 2.08. The summed E-state index contributed by atoms with van der Waals surface area (Å²) in [5, 5.41) is 6.68. The van der Waals surface area contributed by atoms with Gasteiger partial charge in [0.2, 0.25) is 5.91 Å². The molecule has 0 saturated heterocycles. The van der Waals surface area contributed by atoms with Gasteiger partial charge in [-0.2, -0.15) is 0 Å².